The summed E-state index contributed by atoms with van der Waals surface area (Å²) in [5.41, 5.74) is -0.958. The van der Waals surface area contributed by atoms with E-state index in [1.54, 1.807) is 0 Å². The maximum absolute atomic E-state index is 12.4. The second-order valence-electron chi connectivity index (χ2n) is 9.44. The summed E-state index contributed by atoms with van der Waals surface area (Å²) in [4.78, 5) is 19.7. The smallest absolute Gasteiger partial charge is 0.408 e. The lowest BCUT2D eigenvalue weighted by Crippen LogP contribution is -2.53. The lowest BCUT2D eigenvalue weighted by Gasteiger charge is -2.35. The zero-order valence-electron chi connectivity index (χ0n) is 20.3. The Morgan fingerprint density at radius 1 is 1.19 bits per heavy atom. The predicted molar refractivity (Wildman–Crippen MR) is 136 cm³/mol. The maximum Gasteiger partial charge on any atom is 0.408 e. The Balaban J connectivity index is 0.00000480. The lowest BCUT2D eigenvalue weighted by molar-refractivity contribution is -0.0453. The van der Waals surface area contributed by atoms with Crippen LogP contribution in [-0.4, -0.2) is 79.6 Å². The molecule has 2 aliphatic rings. The number of nitrogens with zero attached hydrogens (tertiary/aromatic N) is 2. The summed E-state index contributed by atoms with van der Waals surface area (Å²) in [5, 5.41) is 9.79. The molecule has 2 saturated heterocycles. The van der Waals surface area contributed by atoms with Crippen LogP contribution in [0.4, 0.5) is 4.79 Å². The molecule has 0 aliphatic carbocycles. The zero-order chi connectivity index (χ0) is 22.2. The van der Waals surface area contributed by atoms with Crippen LogP contribution in [-0.2, 0) is 9.47 Å². The first-order valence-corrected chi connectivity index (χ1v) is 11.6. The fourth-order valence-electron chi connectivity index (χ4n) is 4.00. The average Bonchev–Trinajstić information content (AvgIpc) is 3.15. The summed E-state index contributed by atoms with van der Waals surface area (Å²) in [6.07, 6.45) is 3.85. The normalized spacial score (nSPS) is 22.3. The zero-order valence-corrected chi connectivity index (χ0v) is 22.6. The Hall–Kier alpha value is -0.810. The van der Waals surface area contributed by atoms with Gasteiger partial charge in [-0.05, 0) is 59.9 Å². The van der Waals surface area contributed by atoms with Crippen LogP contribution in [0, 0.1) is 0 Å². The van der Waals surface area contributed by atoms with Gasteiger partial charge in [0.15, 0.2) is 5.96 Å². The van der Waals surface area contributed by atoms with Crippen molar-refractivity contribution < 1.29 is 14.3 Å². The third kappa shape index (κ3) is 9.29. The van der Waals surface area contributed by atoms with Gasteiger partial charge in [-0.2, -0.15) is 0 Å². The first kappa shape index (κ1) is 28.2. The van der Waals surface area contributed by atoms with Crippen molar-refractivity contribution in [3.63, 3.8) is 0 Å². The minimum atomic E-state index is -0.522. The number of halogens is 1. The predicted octanol–water partition coefficient (Wildman–Crippen LogP) is 3.11. The number of nitrogens with one attached hydrogen (secondary N) is 3. The molecule has 0 bridgehead atoms. The van der Waals surface area contributed by atoms with Gasteiger partial charge in [-0.1, -0.05) is 13.8 Å². The molecule has 3 N–H and O–H groups in total. The molecule has 0 radical (unpaired) electrons. The number of hydrogen-bond acceptors (Lipinski definition) is 5. The van der Waals surface area contributed by atoms with E-state index in [-0.39, 0.29) is 30.1 Å². The van der Waals surface area contributed by atoms with E-state index >= 15 is 0 Å². The van der Waals surface area contributed by atoms with E-state index in [4.69, 9.17) is 14.5 Å². The van der Waals surface area contributed by atoms with Crippen LogP contribution in [0.15, 0.2) is 4.99 Å². The summed E-state index contributed by atoms with van der Waals surface area (Å²) >= 11 is 0. The van der Waals surface area contributed by atoms with E-state index in [0.717, 1.165) is 45.0 Å². The molecule has 2 heterocycles. The summed E-state index contributed by atoms with van der Waals surface area (Å²) < 4.78 is 11.5. The van der Waals surface area contributed by atoms with E-state index in [1.165, 1.54) is 19.4 Å². The number of alkyl carbamates (subject to hydrolysis) is 1. The van der Waals surface area contributed by atoms with Crippen molar-refractivity contribution in [2.24, 2.45) is 4.99 Å². The highest BCUT2D eigenvalue weighted by Crippen LogP contribution is 2.22. The SMILES string of the molecule is CCNC(=NCC(CC)(CC)NC(=O)OC(C)(C)C)NCC1CN2CCCC2CO1.I. The van der Waals surface area contributed by atoms with Gasteiger partial charge >= 0.3 is 6.09 Å². The van der Waals surface area contributed by atoms with Crippen LogP contribution in [0.1, 0.15) is 67.2 Å². The molecule has 1 amide bonds. The number of ether oxygens (including phenoxy) is 2. The quantitative estimate of drug-likeness (QED) is 0.243. The number of morpholine rings is 1. The van der Waals surface area contributed by atoms with Crippen LogP contribution >= 0.6 is 24.0 Å². The van der Waals surface area contributed by atoms with Crippen LogP contribution in [0.5, 0.6) is 0 Å². The van der Waals surface area contributed by atoms with E-state index < -0.39 is 17.2 Å². The minimum Gasteiger partial charge on any atom is -0.444 e. The number of carbonyl (C=O) groups excluding carboxylic acids is 1. The van der Waals surface area contributed by atoms with Gasteiger partial charge in [0.05, 0.1) is 24.8 Å². The van der Waals surface area contributed by atoms with Gasteiger partial charge in [0, 0.05) is 25.7 Å². The Morgan fingerprint density at radius 3 is 2.52 bits per heavy atom. The monoisotopic (exact) mass is 553 g/mol. The number of carbonyl (C=O) groups is 1. The van der Waals surface area contributed by atoms with E-state index in [0.29, 0.717) is 12.6 Å². The van der Waals surface area contributed by atoms with Gasteiger partial charge < -0.3 is 25.4 Å². The highest BCUT2D eigenvalue weighted by molar-refractivity contribution is 14.0. The molecule has 0 saturated carbocycles. The van der Waals surface area contributed by atoms with Crippen LogP contribution in [0.2, 0.25) is 0 Å². The molecular formula is C22H44IN5O3. The Bertz CT molecular complexity index is 578. The number of hydrogen-bond donors (Lipinski definition) is 3. The van der Waals surface area contributed by atoms with Crippen molar-refractivity contribution in [1.82, 2.24) is 20.9 Å². The van der Waals surface area contributed by atoms with Crippen LogP contribution in [0.25, 0.3) is 0 Å². The Kier molecular flexibility index (Phi) is 11.9. The molecule has 2 unspecified atom stereocenters. The van der Waals surface area contributed by atoms with Gasteiger partial charge in [-0.15, -0.1) is 24.0 Å². The number of rotatable bonds is 8. The van der Waals surface area contributed by atoms with Gasteiger partial charge in [0.1, 0.15) is 5.60 Å². The molecule has 0 aromatic carbocycles. The molecule has 2 aliphatic heterocycles. The second-order valence-corrected chi connectivity index (χ2v) is 9.44. The van der Waals surface area contributed by atoms with Gasteiger partial charge in [0.2, 0.25) is 0 Å². The Labute approximate surface area is 205 Å². The maximum atomic E-state index is 12.4. The van der Waals surface area contributed by atoms with Crippen LogP contribution < -0.4 is 16.0 Å². The topological polar surface area (TPSA) is 87.2 Å². The van der Waals surface area contributed by atoms with Gasteiger partial charge in [-0.25, -0.2) is 4.79 Å². The summed E-state index contributed by atoms with van der Waals surface area (Å²) in [6, 6.07) is 0.608. The number of guanidine groups is 1. The summed E-state index contributed by atoms with van der Waals surface area (Å²) in [7, 11) is 0. The van der Waals surface area contributed by atoms with Crippen molar-refractivity contribution in [2.45, 2.75) is 90.5 Å². The molecule has 0 aromatic rings. The molecule has 8 nitrogen and oxygen atoms in total. The minimum absolute atomic E-state index is 0. The van der Waals surface area contributed by atoms with Gasteiger partial charge in [0.25, 0.3) is 0 Å². The van der Waals surface area contributed by atoms with E-state index in [1.807, 2.05) is 20.8 Å². The van der Waals surface area contributed by atoms with E-state index in [9.17, 15) is 4.79 Å². The van der Waals surface area contributed by atoms with Crippen LogP contribution in [0.3, 0.4) is 0 Å². The fourth-order valence-corrected chi connectivity index (χ4v) is 4.00. The molecule has 2 rings (SSSR count). The highest BCUT2D eigenvalue weighted by Gasteiger charge is 2.33. The van der Waals surface area contributed by atoms with Crippen molar-refractivity contribution in [3.8, 4) is 0 Å². The molecule has 2 atom stereocenters. The molecule has 9 heteroatoms. The van der Waals surface area contributed by atoms with Crippen molar-refractivity contribution in [3.05, 3.63) is 0 Å². The average molecular weight is 554 g/mol. The number of aliphatic imine (C=N–C) groups is 1. The lowest BCUT2D eigenvalue weighted by atomic mass is 9.93. The standard InChI is InChI=1S/C22H43N5O3.HI/c1-7-22(8-2,26-20(28)30-21(4,5)6)16-25-19(23-9-3)24-13-18-14-27-12-10-11-17(27)15-29-18;/h17-18H,7-16H2,1-6H3,(H,26,28)(H2,23,24,25);1H. The van der Waals surface area contributed by atoms with Crippen molar-refractivity contribution in [2.75, 3.05) is 39.3 Å². The molecular weight excluding hydrogens is 509 g/mol. The molecule has 31 heavy (non-hydrogen) atoms. The molecule has 182 valence electrons. The number of fused-ring (bicyclic) bond motifs is 1. The third-order valence-electron chi connectivity index (χ3n) is 5.96. The van der Waals surface area contributed by atoms with Crippen molar-refractivity contribution in [1.29, 1.82) is 0 Å². The second kappa shape index (κ2) is 13.0. The van der Waals surface area contributed by atoms with E-state index in [2.05, 4.69) is 41.6 Å². The molecule has 0 spiro atoms. The number of amides is 1. The fraction of sp³-hybridized carbons (Fsp3) is 0.909. The largest absolute Gasteiger partial charge is 0.444 e. The van der Waals surface area contributed by atoms with Gasteiger partial charge in [-0.3, -0.25) is 9.89 Å². The summed E-state index contributed by atoms with van der Waals surface area (Å²) in [5.74, 6) is 0.752. The first-order chi connectivity index (χ1) is 14.2. The first-order valence-electron chi connectivity index (χ1n) is 11.6. The Morgan fingerprint density at radius 2 is 1.90 bits per heavy atom. The highest BCUT2D eigenvalue weighted by atomic mass is 127. The third-order valence-corrected chi connectivity index (χ3v) is 5.96. The summed E-state index contributed by atoms with van der Waals surface area (Å²) in [6.45, 7) is 16.8. The molecule has 0 aromatic heterocycles. The van der Waals surface area contributed by atoms with Crippen molar-refractivity contribution >= 4 is 36.0 Å². The molecule has 2 fully saturated rings.